The minimum absolute atomic E-state index is 0.141. The molecule has 0 bridgehead atoms. The molecule has 0 aromatic rings. The van der Waals surface area contributed by atoms with Crippen LogP contribution in [0.15, 0.2) is 0 Å². The van der Waals surface area contributed by atoms with E-state index >= 15 is 0 Å². The lowest BCUT2D eigenvalue weighted by Crippen LogP contribution is -2.32. The maximum Gasteiger partial charge on any atom is 0.325 e. The summed E-state index contributed by atoms with van der Waals surface area (Å²) in [6.45, 7) is 6.53. The predicted molar refractivity (Wildman–Crippen MR) is 64.7 cm³/mol. The number of hydrogen-bond acceptors (Lipinski definition) is 5. The van der Waals surface area contributed by atoms with Crippen LogP contribution >= 0.6 is 0 Å². The number of ether oxygens (including phenoxy) is 2. The molecule has 1 N–H and O–H groups in total. The Hall–Kier alpha value is -1.59. The highest BCUT2D eigenvalue weighted by atomic mass is 16.6. The van der Waals surface area contributed by atoms with Gasteiger partial charge >= 0.3 is 11.9 Å². The Labute approximate surface area is 107 Å². The highest BCUT2D eigenvalue weighted by Gasteiger charge is 2.22. The van der Waals surface area contributed by atoms with Crippen LogP contribution in [0.4, 0.5) is 0 Å². The molecule has 0 aliphatic carbocycles. The molecule has 0 atom stereocenters. The molecular weight excluding hydrogens is 238 g/mol. The Morgan fingerprint density at radius 1 is 1.17 bits per heavy atom. The SMILES string of the molecule is CCC(=O)OC(C)(C)CCOC(=O)CNC(C)=O. The zero-order valence-electron chi connectivity index (χ0n) is 11.4. The van der Waals surface area contributed by atoms with Crippen molar-refractivity contribution in [1.82, 2.24) is 5.32 Å². The maximum atomic E-state index is 11.2. The molecule has 6 heteroatoms. The van der Waals surface area contributed by atoms with Gasteiger partial charge in [0.15, 0.2) is 0 Å². The molecule has 0 fully saturated rings. The smallest absolute Gasteiger partial charge is 0.325 e. The van der Waals surface area contributed by atoms with Crippen molar-refractivity contribution in [2.75, 3.05) is 13.2 Å². The summed E-state index contributed by atoms with van der Waals surface area (Å²) >= 11 is 0. The second-order valence-corrected chi connectivity index (χ2v) is 4.47. The van der Waals surface area contributed by atoms with E-state index in [-0.39, 0.29) is 25.0 Å². The highest BCUT2D eigenvalue weighted by molar-refractivity contribution is 5.80. The third kappa shape index (κ3) is 8.55. The Morgan fingerprint density at radius 2 is 1.78 bits per heavy atom. The lowest BCUT2D eigenvalue weighted by molar-refractivity contribution is -0.158. The fourth-order valence-corrected chi connectivity index (χ4v) is 1.09. The van der Waals surface area contributed by atoms with Gasteiger partial charge in [0.1, 0.15) is 12.1 Å². The van der Waals surface area contributed by atoms with E-state index in [1.54, 1.807) is 20.8 Å². The van der Waals surface area contributed by atoms with Crippen LogP contribution in [0.3, 0.4) is 0 Å². The molecule has 0 rings (SSSR count). The van der Waals surface area contributed by atoms with Crippen LogP contribution in [-0.2, 0) is 23.9 Å². The van der Waals surface area contributed by atoms with Gasteiger partial charge in [0.2, 0.25) is 5.91 Å². The lowest BCUT2D eigenvalue weighted by atomic mass is 10.1. The molecule has 0 saturated carbocycles. The molecule has 0 unspecified atom stereocenters. The van der Waals surface area contributed by atoms with Gasteiger partial charge in [-0.1, -0.05) is 6.92 Å². The fourth-order valence-electron chi connectivity index (χ4n) is 1.09. The van der Waals surface area contributed by atoms with Crippen molar-refractivity contribution >= 4 is 17.8 Å². The average molecular weight is 259 g/mol. The molecule has 18 heavy (non-hydrogen) atoms. The standard InChI is InChI=1S/C12H21NO5/c1-5-10(15)18-12(3,4)6-7-17-11(16)8-13-9(2)14/h5-8H2,1-4H3,(H,13,14). The lowest BCUT2D eigenvalue weighted by Gasteiger charge is -2.24. The number of amides is 1. The Bertz CT molecular complexity index is 312. The second kappa shape index (κ2) is 7.68. The first-order chi connectivity index (χ1) is 8.26. The molecule has 0 saturated heterocycles. The normalized spacial score (nSPS) is 10.7. The molecule has 0 aliphatic heterocycles. The molecule has 0 aromatic heterocycles. The molecule has 0 aliphatic rings. The summed E-state index contributed by atoms with van der Waals surface area (Å²) in [4.78, 5) is 32.9. The van der Waals surface area contributed by atoms with Crippen molar-refractivity contribution in [3.63, 3.8) is 0 Å². The summed E-state index contributed by atoms with van der Waals surface area (Å²) in [5.41, 5.74) is -0.665. The van der Waals surface area contributed by atoms with E-state index in [4.69, 9.17) is 9.47 Å². The molecule has 0 radical (unpaired) electrons. The monoisotopic (exact) mass is 259 g/mol. The third-order valence-electron chi connectivity index (χ3n) is 2.13. The Morgan fingerprint density at radius 3 is 2.28 bits per heavy atom. The summed E-state index contributed by atoms with van der Waals surface area (Å²) in [6.07, 6.45) is 0.719. The van der Waals surface area contributed by atoms with Gasteiger partial charge in [0, 0.05) is 19.8 Å². The second-order valence-electron chi connectivity index (χ2n) is 4.47. The molecule has 1 amide bonds. The maximum absolute atomic E-state index is 11.2. The van der Waals surface area contributed by atoms with Gasteiger partial charge in [-0.25, -0.2) is 0 Å². The molecule has 104 valence electrons. The molecule has 0 heterocycles. The molecule has 0 aromatic carbocycles. The summed E-state index contributed by atoms with van der Waals surface area (Å²) in [6, 6.07) is 0. The van der Waals surface area contributed by atoms with Crippen LogP contribution in [0.2, 0.25) is 0 Å². The summed E-state index contributed by atoms with van der Waals surface area (Å²) in [7, 11) is 0. The van der Waals surface area contributed by atoms with E-state index in [0.29, 0.717) is 12.8 Å². The third-order valence-corrected chi connectivity index (χ3v) is 2.13. The van der Waals surface area contributed by atoms with Crippen molar-refractivity contribution < 1.29 is 23.9 Å². The minimum Gasteiger partial charge on any atom is -0.464 e. The molecular formula is C12H21NO5. The van der Waals surface area contributed by atoms with Gasteiger partial charge in [-0.05, 0) is 13.8 Å². The largest absolute Gasteiger partial charge is 0.464 e. The van der Waals surface area contributed by atoms with E-state index < -0.39 is 11.6 Å². The number of esters is 2. The van der Waals surface area contributed by atoms with E-state index in [2.05, 4.69) is 5.32 Å². The fraction of sp³-hybridized carbons (Fsp3) is 0.750. The molecule has 6 nitrogen and oxygen atoms in total. The van der Waals surface area contributed by atoms with E-state index in [9.17, 15) is 14.4 Å². The predicted octanol–water partition coefficient (Wildman–Crippen LogP) is 0.788. The van der Waals surface area contributed by atoms with Crippen molar-refractivity contribution in [3.8, 4) is 0 Å². The van der Waals surface area contributed by atoms with Crippen LogP contribution in [0, 0.1) is 0 Å². The number of carbonyl (C=O) groups is 3. The van der Waals surface area contributed by atoms with E-state index in [0.717, 1.165) is 0 Å². The number of rotatable bonds is 7. The average Bonchev–Trinajstić information content (AvgIpc) is 2.25. The zero-order valence-corrected chi connectivity index (χ0v) is 11.4. The van der Waals surface area contributed by atoms with Crippen molar-refractivity contribution in [2.24, 2.45) is 0 Å². The first kappa shape index (κ1) is 16.4. The van der Waals surface area contributed by atoms with Gasteiger partial charge in [0.25, 0.3) is 0 Å². The van der Waals surface area contributed by atoms with Gasteiger partial charge < -0.3 is 14.8 Å². The summed E-state index contributed by atoms with van der Waals surface area (Å²) < 4.78 is 10.1. The van der Waals surface area contributed by atoms with E-state index in [1.165, 1.54) is 6.92 Å². The van der Waals surface area contributed by atoms with E-state index in [1.807, 2.05) is 0 Å². The van der Waals surface area contributed by atoms with Crippen molar-refractivity contribution in [2.45, 2.75) is 46.1 Å². The Kier molecular flexibility index (Phi) is 7.00. The zero-order chi connectivity index (χ0) is 14.2. The molecule has 0 spiro atoms. The van der Waals surface area contributed by atoms with Crippen LogP contribution < -0.4 is 5.32 Å². The van der Waals surface area contributed by atoms with Crippen LogP contribution in [0.1, 0.15) is 40.5 Å². The van der Waals surface area contributed by atoms with Crippen LogP contribution in [-0.4, -0.2) is 36.6 Å². The Balaban J connectivity index is 3.85. The first-order valence-electron chi connectivity index (χ1n) is 5.88. The number of hydrogen-bond donors (Lipinski definition) is 1. The minimum atomic E-state index is -0.665. The quantitative estimate of drug-likeness (QED) is 0.683. The van der Waals surface area contributed by atoms with Crippen molar-refractivity contribution in [1.29, 1.82) is 0 Å². The van der Waals surface area contributed by atoms with Gasteiger partial charge in [0.05, 0.1) is 6.61 Å². The number of carbonyl (C=O) groups excluding carboxylic acids is 3. The van der Waals surface area contributed by atoms with Crippen molar-refractivity contribution in [3.05, 3.63) is 0 Å². The summed E-state index contributed by atoms with van der Waals surface area (Å²) in [5.74, 6) is -1.09. The van der Waals surface area contributed by atoms with Gasteiger partial charge in [-0.3, -0.25) is 14.4 Å². The van der Waals surface area contributed by atoms with Crippen LogP contribution in [0.25, 0.3) is 0 Å². The van der Waals surface area contributed by atoms with Gasteiger partial charge in [-0.2, -0.15) is 0 Å². The first-order valence-corrected chi connectivity index (χ1v) is 5.88. The highest BCUT2D eigenvalue weighted by Crippen LogP contribution is 2.15. The van der Waals surface area contributed by atoms with Crippen LogP contribution in [0.5, 0.6) is 0 Å². The topological polar surface area (TPSA) is 81.7 Å². The van der Waals surface area contributed by atoms with Gasteiger partial charge in [-0.15, -0.1) is 0 Å². The summed E-state index contributed by atoms with van der Waals surface area (Å²) in [5, 5.41) is 2.34. The number of nitrogens with one attached hydrogen (secondary N) is 1.